The lowest BCUT2D eigenvalue weighted by Crippen LogP contribution is -2.20. The largest absolute Gasteiger partial charge is 0.465 e. The number of furan rings is 1. The molecule has 4 rings (SSSR count). The SMILES string of the molecule is CC(C)OC(=O)COC(=O)c1c2c(nc3ccccc13)/C(=C\c1ccco1)CC2. The van der Waals surface area contributed by atoms with Crippen molar-refractivity contribution >= 4 is 34.5 Å². The maximum absolute atomic E-state index is 12.9. The number of aromatic nitrogens is 1. The number of nitrogens with zero attached hydrogens (tertiary/aromatic N) is 1. The molecule has 3 aromatic rings. The van der Waals surface area contributed by atoms with Crippen LogP contribution in [-0.4, -0.2) is 29.6 Å². The zero-order chi connectivity index (χ0) is 20.4. The molecule has 0 amide bonds. The highest BCUT2D eigenvalue weighted by atomic mass is 16.6. The van der Waals surface area contributed by atoms with Crippen LogP contribution in [-0.2, 0) is 20.7 Å². The molecule has 1 aliphatic carbocycles. The molecular weight excluding hydrogens is 370 g/mol. The first-order chi connectivity index (χ1) is 14.0. The van der Waals surface area contributed by atoms with E-state index in [9.17, 15) is 9.59 Å². The van der Waals surface area contributed by atoms with Gasteiger partial charge >= 0.3 is 11.9 Å². The number of carbonyl (C=O) groups is 2. The summed E-state index contributed by atoms with van der Waals surface area (Å²) in [5, 5.41) is 0.715. The lowest BCUT2D eigenvalue weighted by molar-refractivity contribution is -0.150. The van der Waals surface area contributed by atoms with E-state index >= 15 is 0 Å². The topological polar surface area (TPSA) is 78.6 Å². The van der Waals surface area contributed by atoms with Gasteiger partial charge in [-0.15, -0.1) is 0 Å². The second-order valence-corrected chi connectivity index (χ2v) is 7.13. The van der Waals surface area contributed by atoms with Gasteiger partial charge in [0.2, 0.25) is 0 Å². The van der Waals surface area contributed by atoms with E-state index in [4.69, 9.17) is 18.9 Å². The van der Waals surface area contributed by atoms with Gasteiger partial charge in [-0.05, 0) is 62.1 Å². The molecule has 29 heavy (non-hydrogen) atoms. The van der Waals surface area contributed by atoms with Crippen molar-refractivity contribution in [2.75, 3.05) is 6.61 Å². The van der Waals surface area contributed by atoms with E-state index in [1.807, 2.05) is 42.5 Å². The van der Waals surface area contributed by atoms with Gasteiger partial charge in [0.05, 0.1) is 29.1 Å². The molecule has 1 aromatic carbocycles. The molecule has 0 fully saturated rings. The average molecular weight is 391 g/mol. The Kier molecular flexibility index (Phi) is 5.16. The molecule has 1 aliphatic rings. The number of allylic oxidation sites excluding steroid dienone is 1. The summed E-state index contributed by atoms with van der Waals surface area (Å²) in [5.74, 6) is -0.370. The van der Waals surface area contributed by atoms with Crippen LogP contribution >= 0.6 is 0 Å². The molecule has 0 aliphatic heterocycles. The quantitative estimate of drug-likeness (QED) is 0.599. The molecule has 0 N–H and O–H groups in total. The molecule has 6 nitrogen and oxygen atoms in total. The summed E-state index contributed by atoms with van der Waals surface area (Å²) in [6, 6.07) is 11.1. The highest BCUT2D eigenvalue weighted by Gasteiger charge is 2.28. The molecule has 0 spiro atoms. The van der Waals surface area contributed by atoms with Gasteiger partial charge in [-0.2, -0.15) is 0 Å². The monoisotopic (exact) mass is 391 g/mol. The van der Waals surface area contributed by atoms with Crippen molar-refractivity contribution in [3.8, 4) is 0 Å². The average Bonchev–Trinajstić information content (AvgIpc) is 3.34. The number of para-hydroxylation sites is 1. The summed E-state index contributed by atoms with van der Waals surface area (Å²) in [6.07, 6.45) is 4.72. The highest BCUT2D eigenvalue weighted by molar-refractivity contribution is 6.07. The van der Waals surface area contributed by atoms with Crippen LogP contribution in [0.3, 0.4) is 0 Å². The number of carbonyl (C=O) groups excluding carboxylic acids is 2. The molecule has 6 heteroatoms. The maximum Gasteiger partial charge on any atom is 0.344 e. The third-order valence-electron chi connectivity index (χ3n) is 4.69. The van der Waals surface area contributed by atoms with Crippen LogP contribution in [0.15, 0.2) is 47.1 Å². The van der Waals surface area contributed by atoms with Crippen LogP contribution in [0.2, 0.25) is 0 Å². The number of esters is 2. The third-order valence-corrected chi connectivity index (χ3v) is 4.69. The van der Waals surface area contributed by atoms with Gasteiger partial charge in [0.1, 0.15) is 5.76 Å². The molecular formula is C23H21NO5. The minimum Gasteiger partial charge on any atom is -0.465 e. The predicted octanol–water partition coefficient (Wildman–Crippen LogP) is 4.42. The Morgan fingerprint density at radius 1 is 1.17 bits per heavy atom. The number of hydrogen-bond donors (Lipinski definition) is 0. The first-order valence-corrected chi connectivity index (χ1v) is 9.55. The second kappa shape index (κ2) is 7.91. The lowest BCUT2D eigenvalue weighted by atomic mass is 10.0. The van der Waals surface area contributed by atoms with Crippen LogP contribution in [0.5, 0.6) is 0 Å². The van der Waals surface area contributed by atoms with Gasteiger partial charge in [0, 0.05) is 5.39 Å². The minimum atomic E-state index is -0.568. The highest BCUT2D eigenvalue weighted by Crippen LogP contribution is 2.37. The Hall–Kier alpha value is -3.41. The van der Waals surface area contributed by atoms with Crippen LogP contribution in [0.4, 0.5) is 0 Å². The van der Waals surface area contributed by atoms with Crippen LogP contribution in [0.25, 0.3) is 22.6 Å². The minimum absolute atomic E-state index is 0.262. The first-order valence-electron chi connectivity index (χ1n) is 9.55. The van der Waals surface area contributed by atoms with Crippen LogP contribution < -0.4 is 0 Å². The van der Waals surface area contributed by atoms with Crippen LogP contribution in [0.1, 0.15) is 47.6 Å². The zero-order valence-electron chi connectivity index (χ0n) is 16.3. The van der Waals surface area contributed by atoms with E-state index < -0.39 is 18.5 Å². The van der Waals surface area contributed by atoms with E-state index in [0.29, 0.717) is 22.9 Å². The van der Waals surface area contributed by atoms with Crippen molar-refractivity contribution in [2.24, 2.45) is 0 Å². The lowest BCUT2D eigenvalue weighted by Gasteiger charge is -2.13. The molecule has 0 atom stereocenters. The molecule has 0 radical (unpaired) electrons. The Bertz CT molecular complexity index is 1100. The van der Waals surface area contributed by atoms with Gasteiger partial charge in [0.15, 0.2) is 6.61 Å². The number of rotatable bonds is 5. The van der Waals surface area contributed by atoms with Crippen molar-refractivity contribution in [1.82, 2.24) is 4.98 Å². The Balaban J connectivity index is 1.72. The van der Waals surface area contributed by atoms with E-state index in [1.54, 1.807) is 20.1 Å². The third kappa shape index (κ3) is 3.92. The second-order valence-electron chi connectivity index (χ2n) is 7.13. The smallest absolute Gasteiger partial charge is 0.344 e. The standard InChI is InChI=1S/C23H21NO5/c1-14(2)29-20(25)13-28-23(26)21-17-7-3-4-8-19(17)24-22-15(9-10-18(21)22)12-16-6-5-11-27-16/h3-8,11-12,14H,9-10,13H2,1-2H3/b15-12-. The fraction of sp³-hybridized carbons (Fsp3) is 0.261. The Morgan fingerprint density at radius 3 is 2.76 bits per heavy atom. The number of benzene rings is 1. The number of pyridine rings is 1. The van der Waals surface area contributed by atoms with E-state index in [2.05, 4.69) is 0 Å². The molecule has 0 unspecified atom stereocenters. The fourth-order valence-corrected chi connectivity index (χ4v) is 3.55. The molecule has 0 bridgehead atoms. The maximum atomic E-state index is 12.9. The molecule has 2 aromatic heterocycles. The van der Waals surface area contributed by atoms with E-state index in [0.717, 1.165) is 29.0 Å². The normalized spacial score (nSPS) is 14.4. The summed E-state index contributed by atoms with van der Waals surface area (Å²) in [5.41, 5.74) is 3.79. The van der Waals surface area contributed by atoms with Crippen molar-refractivity contribution in [3.63, 3.8) is 0 Å². The summed E-state index contributed by atoms with van der Waals surface area (Å²) in [7, 11) is 0. The molecule has 0 saturated carbocycles. The van der Waals surface area contributed by atoms with Gasteiger partial charge < -0.3 is 13.9 Å². The number of fused-ring (bicyclic) bond motifs is 2. The zero-order valence-corrected chi connectivity index (χ0v) is 16.3. The van der Waals surface area contributed by atoms with Crippen molar-refractivity contribution in [3.05, 3.63) is 65.2 Å². The Morgan fingerprint density at radius 2 is 2.00 bits per heavy atom. The Labute approximate surface area is 168 Å². The van der Waals surface area contributed by atoms with Crippen molar-refractivity contribution in [1.29, 1.82) is 0 Å². The summed E-state index contributed by atoms with van der Waals surface area (Å²) < 4.78 is 15.8. The molecule has 148 valence electrons. The van der Waals surface area contributed by atoms with Crippen molar-refractivity contribution < 1.29 is 23.5 Å². The summed E-state index contributed by atoms with van der Waals surface area (Å²) >= 11 is 0. The molecule has 2 heterocycles. The summed E-state index contributed by atoms with van der Waals surface area (Å²) in [6.45, 7) is 3.07. The fourth-order valence-electron chi connectivity index (χ4n) is 3.55. The summed E-state index contributed by atoms with van der Waals surface area (Å²) in [4.78, 5) is 29.5. The number of ether oxygens (including phenoxy) is 2. The van der Waals surface area contributed by atoms with Gasteiger partial charge in [-0.1, -0.05) is 18.2 Å². The van der Waals surface area contributed by atoms with E-state index in [1.165, 1.54) is 0 Å². The van der Waals surface area contributed by atoms with Gasteiger partial charge in [-0.3, -0.25) is 0 Å². The van der Waals surface area contributed by atoms with Gasteiger partial charge in [-0.25, -0.2) is 14.6 Å². The first kappa shape index (κ1) is 18.9. The predicted molar refractivity (Wildman–Crippen MR) is 108 cm³/mol. The van der Waals surface area contributed by atoms with E-state index in [-0.39, 0.29) is 6.10 Å². The van der Waals surface area contributed by atoms with Crippen LogP contribution in [0, 0.1) is 0 Å². The molecule has 0 saturated heterocycles. The van der Waals surface area contributed by atoms with Crippen molar-refractivity contribution in [2.45, 2.75) is 32.8 Å². The van der Waals surface area contributed by atoms with Gasteiger partial charge in [0.25, 0.3) is 0 Å². The number of hydrogen-bond acceptors (Lipinski definition) is 6.